The first-order valence-corrected chi connectivity index (χ1v) is 10.2. The van der Waals surface area contributed by atoms with Crippen molar-refractivity contribution >= 4 is 48.7 Å². The third kappa shape index (κ3) is 7.47. The van der Waals surface area contributed by atoms with Crippen LogP contribution in [-0.2, 0) is 6.54 Å². The summed E-state index contributed by atoms with van der Waals surface area (Å²) in [4.78, 5) is 12.1. The summed E-state index contributed by atoms with van der Waals surface area (Å²) in [6.45, 7) is 9.10. The van der Waals surface area contributed by atoms with Crippen LogP contribution in [0.5, 0.6) is 0 Å². The smallest absolute Gasteiger partial charge is 0.128 e. The van der Waals surface area contributed by atoms with Crippen LogP contribution in [0.3, 0.4) is 0 Å². The van der Waals surface area contributed by atoms with E-state index in [2.05, 4.69) is 50.0 Å². The van der Waals surface area contributed by atoms with Crippen molar-refractivity contribution < 1.29 is 0 Å². The highest BCUT2D eigenvalue weighted by molar-refractivity contribution is 5.86. The molecule has 3 heterocycles. The summed E-state index contributed by atoms with van der Waals surface area (Å²) in [5.41, 5.74) is 8.13. The number of nitrogens with zero attached hydrogens (tertiary/aromatic N) is 4. The van der Waals surface area contributed by atoms with Gasteiger partial charge in [-0.2, -0.15) is 0 Å². The number of likely N-dealkylation sites (tertiary alicyclic amines) is 1. The third-order valence-electron chi connectivity index (χ3n) is 5.82. The maximum Gasteiger partial charge on any atom is 0.128 e. The van der Waals surface area contributed by atoms with E-state index in [1.807, 2.05) is 18.3 Å². The van der Waals surface area contributed by atoms with E-state index in [4.69, 9.17) is 5.73 Å². The van der Waals surface area contributed by atoms with Gasteiger partial charge in [-0.15, -0.1) is 37.2 Å². The average Bonchev–Trinajstić information content (AvgIpc) is 2.70. The van der Waals surface area contributed by atoms with Crippen LogP contribution in [0.1, 0.15) is 18.4 Å². The minimum absolute atomic E-state index is 0. The molecule has 0 aliphatic carbocycles. The second-order valence-electron chi connectivity index (χ2n) is 7.96. The van der Waals surface area contributed by atoms with Gasteiger partial charge in [-0.05, 0) is 55.1 Å². The maximum absolute atomic E-state index is 5.93. The minimum Gasteiger partial charge on any atom is -0.399 e. The Labute approximate surface area is 199 Å². The van der Waals surface area contributed by atoms with E-state index in [1.54, 1.807) is 0 Å². The number of anilines is 2. The number of nitrogens with two attached hydrogens (primary N) is 1. The van der Waals surface area contributed by atoms with Crippen molar-refractivity contribution in [3.63, 3.8) is 0 Å². The van der Waals surface area contributed by atoms with Crippen LogP contribution in [0.2, 0.25) is 0 Å². The van der Waals surface area contributed by atoms with Gasteiger partial charge < -0.3 is 10.6 Å². The van der Waals surface area contributed by atoms with Crippen LogP contribution in [0.25, 0.3) is 0 Å². The number of halogens is 3. The third-order valence-corrected chi connectivity index (χ3v) is 5.82. The first kappa shape index (κ1) is 26.8. The van der Waals surface area contributed by atoms with Gasteiger partial charge in [0.15, 0.2) is 0 Å². The van der Waals surface area contributed by atoms with Gasteiger partial charge in [0.1, 0.15) is 5.82 Å². The van der Waals surface area contributed by atoms with Gasteiger partial charge in [-0.1, -0.05) is 18.2 Å². The van der Waals surface area contributed by atoms with E-state index < -0.39 is 0 Å². The predicted octanol–water partition coefficient (Wildman–Crippen LogP) is 3.96. The minimum atomic E-state index is 0. The van der Waals surface area contributed by atoms with Crippen molar-refractivity contribution in [1.82, 2.24) is 14.8 Å². The van der Waals surface area contributed by atoms with Crippen LogP contribution >= 0.6 is 37.2 Å². The fourth-order valence-corrected chi connectivity index (χ4v) is 4.46. The molecule has 2 aromatic rings. The number of rotatable bonds is 5. The van der Waals surface area contributed by atoms with Gasteiger partial charge in [-0.25, -0.2) is 4.98 Å². The quantitative estimate of drug-likeness (QED) is 0.665. The van der Waals surface area contributed by atoms with Crippen molar-refractivity contribution in [2.45, 2.75) is 19.4 Å². The van der Waals surface area contributed by atoms with Gasteiger partial charge in [-0.3, -0.25) is 9.80 Å². The second kappa shape index (κ2) is 13.2. The molecule has 8 heteroatoms. The average molecular weight is 475 g/mol. The monoisotopic (exact) mass is 473 g/mol. The highest BCUT2D eigenvalue weighted by atomic mass is 35.5. The normalized spacial score (nSPS) is 19.9. The summed E-state index contributed by atoms with van der Waals surface area (Å²) < 4.78 is 0. The van der Waals surface area contributed by atoms with E-state index in [9.17, 15) is 0 Å². The van der Waals surface area contributed by atoms with E-state index in [1.165, 1.54) is 38.0 Å². The Morgan fingerprint density at radius 2 is 1.70 bits per heavy atom. The molecule has 1 unspecified atom stereocenters. The topological polar surface area (TPSA) is 48.6 Å². The maximum atomic E-state index is 5.93. The molecule has 0 radical (unpaired) electrons. The highest BCUT2D eigenvalue weighted by Gasteiger charge is 2.24. The van der Waals surface area contributed by atoms with Crippen LogP contribution in [0.15, 0.2) is 48.7 Å². The lowest BCUT2D eigenvalue weighted by atomic mass is 9.96. The Morgan fingerprint density at radius 1 is 0.900 bits per heavy atom. The zero-order valence-corrected chi connectivity index (χ0v) is 19.8. The number of hydrogen-bond acceptors (Lipinski definition) is 5. The van der Waals surface area contributed by atoms with Crippen molar-refractivity contribution in [1.29, 1.82) is 0 Å². The van der Waals surface area contributed by atoms with Gasteiger partial charge in [0.05, 0.1) is 0 Å². The summed E-state index contributed by atoms with van der Waals surface area (Å²) in [5, 5.41) is 0. The Kier molecular flexibility index (Phi) is 11.8. The Morgan fingerprint density at radius 3 is 2.40 bits per heavy atom. The summed E-state index contributed by atoms with van der Waals surface area (Å²) in [5.74, 6) is 1.89. The van der Waals surface area contributed by atoms with Gasteiger partial charge in [0.25, 0.3) is 0 Å². The van der Waals surface area contributed by atoms with E-state index in [0.717, 1.165) is 50.1 Å². The summed E-state index contributed by atoms with van der Waals surface area (Å²) in [6.07, 6.45) is 4.55. The molecule has 5 nitrogen and oxygen atoms in total. The Bertz CT molecular complexity index is 726. The fourth-order valence-electron chi connectivity index (χ4n) is 4.46. The molecule has 1 aromatic heterocycles. The number of piperazine rings is 1. The van der Waals surface area contributed by atoms with Crippen LogP contribution < -0.4 is 10.6 Å². The van der Waals surface area contributed by atoms with Crippen molar-refractivity contribution in [2.24, 2.45) is 5.92 Å². The SMILES string of the molecule is Cl.Cl.Cl.Nc1cccc(CN2CCCC(CN3CCN(c4ccccn4)CC3)C2)c1. The largest absolute Gasteiger partial charge is 0.399 e. The molecule has 0 bridgehead atoms. The number of pyridine rings is 1. The molecule has 30 heavy (non-hydrogen) atoms. The molecule has 2 fully saturated rings. The standard InChI is InChI=1S/C22H31N5.3ClH/c23-21-7-3-5-19(15-21)16-26-10-4-6-20(18-26)17-25-11-13-27(14-12-25)22-8-1-2-9-24-22;;;/h1-3,5,7-9,15,20H,4,6,10-14,16-18,23H2;3*1H. The lowest BCUT2D eigenvalue weighted by Crippen LogP contribution is -2.49. The van der Waals surface area contributed by atoms with Crippen LogP contribution in [0.4, 0.5) is 11.5 Å². The first-order valence-electron chi connectivity index (χ1n) is 10.2. The zero-order valence-electron chi connectivity index (χ0n) is 17.4. The number of piperidine rings is 1. The highest BCUT2D eigenvalue weighted by Crippen LogP contribution is 2.21. The molecule has 1 aromatic carbocycles. The molecule has 2 aliphatic rings. The molecule has 0 amide bonds. The Balaban J connectivity index is 0.00000150. The molecule has 0 saturated carbocycles. The van der Waals surface area contributed by atoms with Gasteiger partial charge in [0.2, 0.25) is 0 Å². The number of hydrogen-bond donors (Lipinski definition) is 1. The van der Waals surface area contributed by atoms with Gasteiger partial charge >= 0.3 is 0 Å². The lowest BCUT2D eigenvalue weighted by molar-refractivity contribution is 0.125. The number of nitrogen functional groups attached to an aromatic ring is 1. The van der Waals surface area contributed by atoms with E-state index in [-0.39, 0.29) is 37.2 Å². The molecule has 2 saturated heterocycles. The van der Waals surface area contributed by atoms with Crippen LogP contribution in [0, 0.1) is 5.92 Å². The molecule has 168 valence electrons. The van der Waals surface area contributed by atoms with E-state index in [0.29, 0.717) is 0 Å². The summed E-state index contributed by atoms with van der Waals surface area (Å²) >= 11 is 0. The predicted molar refractivity (Wildman–Crippen MR) is 133 cm³/mol. The molecular weight excluding hydrogens is 441 g/mol. The van der Waals surface area contributed by atoms with Crippen LogP contribution in [-0.4, -0.2) is 60.6 Å². The van der Waals surface area contributed by atoms with Crippen molar-refractivity contribution in [2.75, 3.05) is 56.4 Å². The first-order chi connectivity index (χ1) is 13.3. The van der Waals surface area contributed by atoms with Gasteiger partial charge in [0, 0.05) is 57.7 Å². The number of aromatic nitrogens is 1. The zero-order chi connectivity index (χ0) is 18.5. The molecule has 2 N–H and O–H groups in total. The fraction of sp³-hybridized carbons (Fsp3) is 0.500. The lowest BCUT2D eigenvalue weighted by Gasteiger charge is -2.39. The summed E-state index contributed by atoms with van der Waals surface area (Å²) in [6, 6.07) is 14.5. The molecular formula is C22H34Cl3N5. The molecule has 0 spiro atoms. The second-order valence-corrected chi connectivity index (χ2v) is 7.96. The van der Waals surface area contributed by atoms with Crippen molar-refractivity contribution in [3.8, 4) is 0 Å². The molecule has 2 aliphatic heterocycles. The van der Waals surface area contributed by atoms with E-state index >= 15 is 0 Å². The van der Waals surface area contributed by atoms with Crippen molar-refractivity contribution in [3.05, 3.63) is 54.2 Å². The number of benzene rings is 1. The molecule has 1 atom stereocenters. The summed E-state index contributed by atoms with van der Waals surface area (Å²) in [7, 11) is 0. The Hall–Kier alpha value is -1.24. The molecule has 4 rings (SSSR count).